The fraction of sp³-hybridized carbons (Fsp3) is 0.500. The number of nitrogens with one attached hydrogen (secondary N) is 2. The third kappa shape index (κ3) is 8.88. The lowest BCUT2D eigenvalue weighted by Gasteiger charge is -2.21. The van der Waals surface area contributed by atoms with Crippen molar-refractivity contribution < 1.29 is 14.0 Å². The molecule has 0 saturated carbocycles. The molecule has 0 radical (unpaired) electrons. The minimum absolute atomic E-state index is 0.0785. The lowest BCUT2D eigenvalue weighted by molar-refractivity contribution is -0.123. The van der Waals surface area contributed by atoms with E-state index in [9.17, 15) is 14.0 Å². The van der Waals surface area contributed by atoms with E-state index >= 15 is 0 Å². The van der Waals surface area contributed by atoms with Crippen LogP contribution in [0.3, 0.4) is 0 Å². The second kappa shape index (κ2) is 12.7. The van der Waals surface area contributed by atoms with E-state index in [1.54, 1.807) is 11.9 Å². The van der Waals surface area contributed by atoms with Gasteiger partial charge in [-0.1, -0.05) is 19.9 Å². The number of nitrogens with zero attached hydrogens (tertiary/aromatic N) is 2. The van der Waals surface area contributed by atoms with Crippen LogP contribution in [0.4, 0.5) is 4.39 Å². The molecule has 1 heterocycles. The summed E-state index contributed by atoms with van der Waals surface area (Å²) in [7, 11) is 1.75. The third-order valence-electron chi connectivity index (χ3n) is 4.45. The van der Waals surface area contributed by atoms with E-state index in [2.05, 4.69) is 24.5 Å². The third-order valence-corrected chi connectivity index (χ3v) is 4.45. The molecule has 29 heavy (non-hydrogen) atoms. The molecule has 2 N–H and O–H groups in total. The largest absolute Gasteiger partial charge is 0.342 e. The van der Waals surface area contributed by atoms with Gasteiger partial charge in [-0.25, -0.2) is 4.39 Å². The van der Waals surface area contributed by atoms with E-state index in [-0.39, 0.29) is 24.3 Å². The molecule has 1 aromatic carbocycles. The van der Waals surface area contributed by atoms with Crippen LogP contribution in [0.1, 0.15) is 44.2 Å². The first-order chi connectivity index (χ1) is 13.8. The van der Waals surface area contributed by atoms with Crippen molar-refractivity contribution in [3.63, 3.8) is 0 Å². The molecule has 2 rings (SSSR count). The van der Waals surface area contributed by atoms with Gasteiger partial charge in [-0.3, -0.25) is 9.59 Å². The Morgan fingerprint density at radius 3 is 2.66 bits per heavy atom. The van der Waals surface area contributed by atoms with E-state index in [0.29, 0.717) is 5.92 Å². The van der Waals surface area contributed by atoms with E-state index < -0.39 is 0 Å². The second-order valence-corrected chi connectivity index (χ2v) is 7.47. The number of benzene rings is 1. The minimum Gasteiger partial charge on any atom is -0.342 e. The fourth-order valence-electron chi connectivity index (χ4n) is 3.08. The Balaban J connectivity index is 0.000000298. The smallest absolute Gasteiger partial charge is 0.237 e. The SMILES string of the molecule is CNC(CC(C)C)C(=O)NCC#N.Cc1cc(F)cc(C2=CN(C=O)CCC2)c1. The summed E-state index contributed by atoms with van der Waals surface area (Å²) in [5, 5.41) is 13.7. The minimum atomic E-state index is -0.223. The maximum atomic E-state index is 13.3. The molecule has 0 aromatic heterocycles. The number of hydrogen-bond acceptors (Lipinski definition) is 4. The number of carbonyl (C=O) groups is 2. The van der Waals surface area contributed by atoms with Gasteiger partial charge in [0.25, 0.3) is 0 Å². The monoisotopic (exact) mass is 402 g/mol. The second-order valence-electron chi connectivity index (χ2n) is 7.47. The molecule has 2 amide bonds. The quantitative estimate of drug-likeness (QED) is 0.542. The van der Waals surface area contributed by atoms with Gasteiger partial charge in [-0.15, -0.1) is 0 Å². The van der Waals surface area contributed by atoms with Crippen LogP contribution < -0.4 is 10.6 Å². The van der Waals surface area contributed by atoms with Crippen molar-refractivity contribution in [1.82, 2.24) is 15.5 Å². The van der Waals surface area contributed by atoms with Crippen LogP contribution in [0, 0.1) is 30.0 Å². The van der Waals surface area contributed by atoms with E-state index in [1.165, 1.54) is 12.1 Å². The van der Waals surface area contributed by atoms with Crippen LogP contribution in [-0.4, -0.2) is 43.4 Å². The Morgan fingerprint density at radius 2 is 2.10 bits per heavy atom. The Morgan fingerprint density at radius 1 is 1.38 bits per heavy atom. The Kier molecular flexibility index (Phi) is 10.6. The molecule has 0 aliphatic carbocycles. The lowest BCUT2D eigenvalue weighted by Crippen LogP contribution is -2.43. The highest BCUT2D eigenvalue weighted by Crippen LogP contribution is 2.25. The number of carbonyl (C=O) groups excluding carboxylic acids is 2. The van der Waals surface area contributed by atoms with Crippen LogP contribution in [-0.2, 0) is 9.59 Å². The Labute approximate surface area is 172 Å². The summed E-state index contributed by atoms with van der Waals surface area (Å²) >= 11 is 0. The number of aryl methyl sites for hydroxylation is 1. The van der Waals surface area contributed by atoms with E-state index in [4.69, 9.17) is 5.26 Å². The van der Waals surface area contributed by atoms with Crippen molar-refractivity contribution >= 4 is 17.9 Å². The Bertz CT molecular complexity index is 735. The van der Waals surface area contributed by atoms with Crippen LogP contribution in [0.5, 0.6) is 0 Å². The highest BCUT2D eigenvalue weighted by molar-refractivity contribution is 5.81. The molecular weight excluding hydrogens is 371 g/mol. The topological polar surface area (TPSA) is 85.2 Å². The highest BCUT2D eigenvalue weighted by atomic mass is 19.1. The summed E-state index contributed by atoms with van der Waals surface area (Å²) in [6.45, 7) is 6.81. The molecule has 7 heteroatoms. The summed E-state index contributed by atoms with van der Waals surface area (Å²) in [6.07, 6.45) is 5.23. The van der Waals surface area contributed by atoms with Crippen molar-refractivity contribution in [2.45, 2.75) is 46.1 Å². The van der Waals surface area contributed by atoms with Crippen molar-refractivity contribution in [3.8, 4) is 6.07 Å². The van der Waals surface area contributed by atoms with Gasteiger partial charge in [0.05, 0.1) is 12.1 Å². The van der Waals surface area contributed by atoms with Gasteiger partial charge in [0.15, 0.2) is 0 Å². The number of amides is 2. The number of rotatable bonds is 7. The molecule has 1 aliphatic rings. The summed E-state index contributed by atoms with van der Waals surface area (Å²) < 4.78 is 13.3. The molecule has 1 aliphatic heterocycles. The zero-order valence-corrected chi connectivity index (χ0v) is 17.7. The molecule has 1 unspecified atom stereocenters. The predicted octanol–water partition coefficient (Wildman–Crippen LogP) is 2.99. The first-order valence-corrected chi connectivity index (χ1v) is 9.81. The standard InChI is InChI=1S/C13H14FNO.C9H17N3O/c1-10-5-12(7-13(14)6-10)11-3-2-4-15(8-11)9-16;1-7(2)6-8(11-3)9(13)12-5-4-10/h5-9H,2-4H2,1H3;7-8,11H,5-6H2,1-3H3,(H,12,13). The molecule has 158 valence electrons. The van der Waals surface area contributed by atoms with Gasteiger partial charge in [-0.05, 0) is 68.0 Å². The molecule has 1 aromatic rings. The average Bonchev–Trinajstić information content (AvgIpc) is 2.69. The summed E-state index contributed by atoms with van der Waals surface area (Å²) in [5.74, 6) is 0.141. The number of allylic oxidation sites excluding steroid dienone is 1. The maximum absolute atomic E-state index is 13.3. The first-order valence-electron chi connectivity index (χ1n) is 9.81. The zero-order chi connectivity index (χ0) is 21.8. The van der Waals surface area contributed by atoms with Crippen LogP contribution >= 0.6 is 0 Å². The normalized spacial score (nSPS) is 14.2. The maximum Gasteiger partial charge on any atom is 0.237 e. The zero-order valence-electron chi connectivity index (χ0n) is 17.7. The average molecular weight is 403 g/mol. The predicted molar refractivity (Wildman–Crippen MR) is 112 cm³/mol. The lowest BCUT2D eigenvalue weighted by atomic mass is 9.98. The van der Waals surface area contributed by atoms with Crippen molar-refractivity contribution in [1.29, 1.82) is 5.26 Å². The van der Waals surface area contributed by atoms with Crippen LogP contribution in [0.15, 0.2) is 24.4 Å². The number of likely N-dealkylation sites (N-methyl/N-ethyl adjacent to an activating group) is 1. The van der Waals surface area contributed by atoms with Gasteiger partial charge in [0.2, 0.25) is 12.3 Å². The fourth-order valence-corrected chi connectivity index (χ4v) is 3.08. The van der Waals surface area contributed by atoms with Crippen molar-refractivity contribution in [3.05, 3.63) is 41.3 Å². The summed E-state index contributed by atoms with van der Waals surface area (Å²) in [5.41, 5.74) is 2.81. The number of nitriles is 1. The summed E-state index contributed by atoms with van der Waals surface area (Å²) in [4.78, 5) is 23.6. The van der Waals surface area contributed by atoms with Crippen molar-refractivity contribution in [2.24, 2.45) is 5.92 Å². The van der Waals surface area contributed by atoms with Gasteiger partial charge in [0.1, 0.15) is 12.4 Å². The molecule has 0 bridgehead atoms. The molecule has 1 atom stereocenters. The van der Waals surface area contributed by atoms with Gasteiger partial charge >= 0.3 is 0 Å². The van der Waals surface area contributed by atoms with Gasteiger partial charge < -0.3 is 15.5 Å². The molecular formula is C22H31FN4O2. The molecule has 6 nitrogen and oxygen atoms in total. The number of halogens is 1. The summed E-state index contributed by atoms with van der Waals surface area (Å²) in [6, 6.07) is 6.66. The van der Waals surface area contributed by atoms with E-state index in [0.717, 1.165) is 48.9 Å². The first kappa shape index (κ1) is 24.3. The van der Waals surface area contributed by atoms with Gasteiger partial charge in [-0.2, -0.15) is 5.26 Å². The molecule has 0 spiro atoms. The van der Waals surface area contributed by atoms with E-state index in [1.807, 2.05) is 25.3 Å². The van der Waals surface area contributed by atoms with Crippen molar-refractivity contribution in [2.75, 3.05) is 20.1 Å². The molecule has 0 saturated heterocycles. The number of hydrogen-bond donors (Lipinski definition) is 2. The van der Waals surface area contributed by atoms with Gasteiger partial charge in [0, 0.05) is 12.7 Å². The van der Waals surface area contributed by atoms with Crippen LogP contribution in [0.25, 0.3) is 5.57 Å². The molecule has 0 fully saturated rings. The highest BCUT2D eigenvalue weighted by Gasteiger charge is 2.16. The van der Waals surface area contributed by atoms with Crippen LogP contribution in [0.2, 0.25) is 0 Å². The Hall–Kier alpha value is -2.72.